The number of aryl methyl sites for hydroxylation is 1. The van der Waals surface area contributed by atoms with Crippen LogP contribution >= 0.6 is 0 Å². The molecule has 0 spiro atoms. The van der Waals surface area contributed by atoms with E-state index in [-0.39, 0.29) is 5.78 Å². The average Bonchev–Trinajstić information content (AvgIpc) is 2.55. The van der Waals surface area contributed by atoms with E-state index in [1.807, 2.05) is 43.3 Å². The fourth-order valence-electron chi connectivity index (χ4n) is 2.25. The number of benzene rings is 2. The number of ether oxygens (including phenoxy) is 2. The fourth-order valence-corrected chi connectivity index (χ4v) is 2.25. The quantitative estimate of drug-likeness (QED) is 0.695. The highest BCUT2D eigenvalue weighted by Gasteiger charge is 2.08. The van der Waals surface area contributed by atoms with Crippen molar-refractivity contribution in [3.8, 4) is 5.75 Å². The molecular formula is C19H22O3. The number of methoxy groups -OCH3 is 1. The molecule has 0 aliphatic carbocycles. The van der Waals surface area contributed by atoms with Crippen LogP contribution in [0.15, 0.2) is 48.5 Å². The van der Waals surface area contributed by atoms with Crippen molar-refractivity contribution in [2.75, 3.05) is 20.3 Å². The van der Waals surface area contributed by atoms with E-state index in [0.717, 1.165) is 17.7 Å². The second-order valence-corrected chi connectivity index (χ2v) is 5.23. The van der Waals surface area contributed by atoms with Crippen LogP contribution in [0.3, 0.4) is 0 Å². The van der Waals surface area contributed by atoms with Crippen LogP contribution in [0.1, 0.15) is 27.9 Å². The van der Waals surface area contributed by atoms with Crippen molar-refractivity contribution in [2.45, 2.75) is 19.8 Å². The predicted octanol–water partition coefficient (Wildman–Crippen LogP) is 3.84. The Morgan fingerprint density at radius 3 is 2.50 bits per heavy atom. The van der Waals surface area contributed by atoms with Gasteiger partial charge in [0, 0.05) is 25.5 Å². The lowest BCUT2D eigenvalue weighted by Gasteiger charge is -2.10. The van der Waals surface area contributed by atoms with Crippen LogP contribution in [-0.4, -0.2) is 26.1 Å². The fraction of sp³-hybridized carbons (Fsp3) is 0.316. The minimum absolute atomic E-state index is 0.0979. The van der Waals surface area contributed by atoms with Crippen LogP contribution in [0.4, 0.5) is 0 Å². The van der Waals surface area contributed by atoms with Gasteiger partial charge in [-0.1, -0.05) is 30.3 Å². The topological polar surface area (TPSA) is 35.5 Å². The molecule has 0 amide bonds. The molecule has 0 saturated carbocycles. The summed E-state index contributed by atoms with van der Waals surface area (Å²) in [5.74, 6) is 0.931. The van der Waals surface area contributed by atoms with Crippen molar-refractivity contribution in [3.05, 3.63) is 65.2 Å². The number of carbonyl (C=O) groups is 1. The maximum absolute atomic E-state index is 11.9. The van der Waals surface area contributed by atoms with Gasteiger partial charge in [0.2, 0.25) is 0 Å². The predicted molar refractivity (Wildman–Crippen MR) is 87.6 cm³/mol. The summed E-state index contributed by atoms with van der Waals surface area (Å²) in [6.07, 6.45) is 1.28. The summed E-state index contributed by atoms with van der Waals surface area (Å²) in [7, 11) is 1.60. The smallest absolute Gasteiger partial charge is 0.165 e. The molecule has 2 aromatic rings. The minimum atomic E-state index is 0.0979. The van der Waals surface area contributed by atoms with Crippen LogP contribution in [0.5, 0.6) is 5.75 Å². The lowest BCUT2D eigenvalue weighted by Crippen LogP contribution is -2.05. The van der Waals surface area contributed by atoms with E-state index in [4.69, 9.17) is 9.47 Å². The molecule has 0 fully saturated rings. The Hall–Kier alpha value is -2.13. The highest BCUT2D eigenvalue weighted by atomic mass is 16.5. The lowest BCUT2D eigenvalue weighted by molar-refractivity contribution is 0.0932. The molecule has 22 heavy (non-hydrogen) atoms. The average molecular weight is 298 g/mol. The number of hydrogen-bond donors (Lipinski definition) is 0. The van der Waals surface area contributed by atoms with Crippen LogP contribution in [0.2, 0.25) is 0 Å². The van der Waals surface area contributed by atoms with Crippen molar-refractivity contribution >= 4 is 5.78 Å². The van der Waals surface area contributed by atoms with Crippen molar-refractivity contribution in [1.82, 2.24) is 0 Å². The van der Waals surface area contributed by atoms with Crippen LogP contribution in [0.25, 0.3) is 0 Å². The molecule has 0 bridgehead atoms. The van der Waals surface area contributed by atoms with Gasteiger partial charge in [0.05, 0.1) is 13.2 Å². The second kappa shape index (κ2) is 8.35. The summed E-state index contributed by atoms with van der Waals surface area (Å²) in [5, 5.41) is 0. The summed E-state index contributed by atoms with van der Waals surface area (Å²) in [6, 6.07) is 15.8. The molecule has 2 aromatic carbocycles. The van der Waals surface area contributed by atoms with Gasteiger partial charge in [-0.05, 0) is 36.2 Å². The third-order valence-electron chi connectivity index (χ3n) is 3.52. The number of ketones is 1. The van der Waals surface area contributed by atoms with E-state index >= 15 is 0 Å². The highest BCUT2D eigenvalue weighted by molar-refractivity contribution is 5.96. The summed E-state index contributed by atoms with van der Waals surface area (Å²) in [4.78, 5) is 11.9. The van der Waals surface area contributed by atoms with Gasteiger partial charge in [0.15, 0.2) is 5.78 Å². The van der Waals surface area contributed by atoms with E-state index in [1.165, 1.54) is 5.56 Å². The molecule has 0 aliphatic rings. The largest absolute Gasteiger partial charge is 0.493 e. The standard InChI is InChI=1S/C19H22O3/c1-15-14-17(18(20)11-12-21-2)8-9-19(15)22-13-10-16-6-4-3-5-7-16/h3-9,14H,10-13H2,1-2H3. The molecule has 0 saturated heterocycles. The molecule has 0 N–H and O–H groups in total. The second-order valence-electron chi connectivity index (χ2n) is 5.23. The Morgan fingerprint density at radius 1 is 1.05 bits per heavy atom. The Morgan fingerprint density at radius 2 is 1.82 bits per heavy atom. The normalized spacial score (nSPS) is 10.5. The Labute approximate surface area is 131 Å². The molecule has 0 aliphatic heterocycles. The number of carbonyl (C=O) groups excluding carboxylic acids is 1. The monoisotopic (exact) mass is 298 g/mol. The van der Waals surface area contributed by atoms with Gasteiger partial charge in [0.1, 0.15) is 5.75 Å². The number of rotatable bonds is 8. The third-order valence-corrected chi connectivity index (χ3v) is 3.52. The van der Waals surface area contributed by atoms with E-state index in [0.29, 0.717) is 25.2 Å². The molecule has 0 aromatic heterocycles. The summed E-state index contributed by atoms with van der Waals surface area (Å²) < 4.78 is 10.8. The summed E-state index contributed by atoms with van der Waals surface area (Å²) in [5.41, 5.74) is 2.95. The van der Waals surface area contributed by atoms with Crippen molar-refractivity contribution in [1.29, 1.82) is 0 Å². The molecule has 2 rings (SSSR count). The third kappa shape index (κ3) is 4.71. The van der Waals surface area contributed by atoms with E-state index in [1.54, 1.807) is 7.11 Å². The van der Waals surface area contributed by atoms with E-state index in [2.05, 4.69) is 12.1 Å². The zero-order valence-corrected chi connectivity index (χ0v) is 13.2. The zero-order valence-electron chi connectivity index (χ0n) is 13.2. The minimum Gasteiger partial charge on any atom is -0.493 e. The van der Waals surface area contributed by atoms with Crippen molar-refractivity contribution in [2.24, 2.45) is 0 Å². The van der Waals surface area contributed by atoms with E-state index in [9.17, 15) is 4.79 Å². The Bertz CT molecular complexity index is 605. The molecule has 0 unspecified atom stereocenters. The molecule has 0 radical (unpaired) electrons. The first-order valence-corrected chi connectivity index (χ1v) is 7.50. The van der Waals surface area contributed by atoms with Crippen LogP contribution in [0, 0.1) is 6.92 Å². The van der Waals surface area contributed by atoms with Crippen molar-refractivity contribution in [3.63, 3.8) is 0 Å². The molecule has 0 atom stereocenters. The number of Topliss-reactive ketones (excluding diaryl/α,β-unsaturated/α-hetero) is 1. The summed E-state index contributed by atoms with van der Waals surface area (Å²) >= 11 is 0. The maximum atomic E-state index is 11.9. The molecule has 116 valence electrons. The van der Waals surface area contributed by atoms with E-state index < -0.39 is 0 Å². The van der Waals surface area contributed by atoms with Gasteiger partial charge >= 0.3 is 0 Å². The van der Waals surface area contributed by atoms with Gasteiger partial charge in [-0.3, -0.25) is 4.79 Å². The Kier molecular flexibility index (Phi) is 6.16. The molecule has 3 nitrogen and oxygen atoms in total. The maximum Gasteiger partial charge on any atom is 0.165 e. The summed E-state index contributed by atoms with van der Waals surface area (Å²) in [6.45, 7) is 3.04. The number of hydrogen-bond acceptors (Lipinski definition) is 3. The molecule has 3 heteroatoms. The SMILES string of the molecule is COCCC(=O)c1ccc(OCCc2ccccc2)c(C)c1. The first kappa shape index (κ1) is 16.2. The van der Waals surface area contributed by atoms with Gasteiger partial charge in [-0.15, -0.1) is 0 Å². The van der Waals surface area contributed by atoms with Crippen molar-refractivity contribution < 1.29 is 14.3 Å². The van der Waals surface area contributed by atoms with Gasteiger partial charge in [-0.25, -0.2) is 0 Å². The van der Waals surface area contributed by atoms with Crippen LogP contribution < -0.4 is 4.74 Å². The molecular weight excluding hydrogens is 276 g/mol. The first-order valence-electron chi connectivity index (χ1n) is 7.50. The van der Waals surface area contributed by atoms with Crippen LogP contribution in [-0.2, 0) is 11.2 Å². The van der Waals surface area contributed by atoms with Gasteiger partial charge in [0.25, 0.3) is 0 Å². The molecule has 0 heterocycles. The lowest BCUT2D eigenvalue weighted by atomic mass is 10.1. The first-order chi connectivity index (χ1) is 10.7. The van der Waals surface area contributed by atoms with Gasteiger partial charge in [-0.2, -0.15) is 0 Å². The Balaban J connectivity index is 1.91. The van der Waals surface area contributed by atoms with Gasteiger partial charge < -0.3 is 9.47 Å². The highest BCUT2D eigenvalue weighted by Crippen LogP contribution is 2.20. The zero-order chi connectivity index (χ0) is 15.8.